The Balaban J connectivity index is 1.89. The normalized spacial score (nSPS) is 17.3. The Labute approximate surface area is 130 Å². The van der Waals surface area contributed by atoms with Gasteiger partial charge in [-0.3, -0.25) is 9.69 Å². The number of morpholine rings is 1. The van der Waals surface area contributed by atoms with Crippen molar-refractivity contribution in [1.82, 2.24) is 9.80 Å². The van der Waals surface area contributed by atoms with Crippen molar-refractivity contribution in [2.24, 2.45) is 0 Å². The zero-order valence-electron chi connectivity index (χ0n) is 13.1. The number of amides is 1. The Morgan fingerprint density at radius 2 is 2.09 bits per heavy atom. The summed E-state index contributed by atoms with van der Waals surface area (Å²) in [6.45, 7) is 5.38. The van der Waals surface area contributed by atoms with Crippen LogP contribution in [0.1, 0.15) is 15.9 Å². The molecule has 1 heterocycles. The molecule has 0 bridgehead atoms. The van der Waals surface area contributed by atoms with Gasteiger partial charge in [-0.25, -0.2) is 4.39 Å². The summed E-state index contributed by atoms with van der Waals surface area (Å²) in [6, 6.07) is 4.25. The number of hydrogen-bond acceptors (Lipinski definition) is 4. The summed E-state index contributed by atoms with van der Waals surface area (Å²) in [4.78, 5) is 15.8. The molecule has 1 fully saturated rings. The van der Waals surface area contributed by atoms with Gasteiger partial charge in [-0.1, -0.05) is 0 Å². The smallest absolute Gasteiger partial charge is 0.253 e. The van der Waals surface area contributed by atoms with Crippen LogP contribution in [0.4, 0.5) is 4.39 Å². The summed E-state index contributed by atoms with van der Waals surface area (Å²) >= 11 is 0. The third-order valence-electron chi connectivity index (χ3n) is 3.69. The van der Waals surface area contributed by atoms with E-state index in [0.29, 0.717) is 30.9 Å². The molecule has 0 aliphatic carbocycles. The van der Waals surface area contributed by atoms with E-state index in [0.717, 1.165) is 13.1 Å². The van der Waals surface area contributed by atoms with Gasteiger partial charge in [-0.15, -0.1) is 0 Å². The Morgan fingerprint density at radius 1 is 1.41 bits per heavy atom. The molecule has 1 unspecified atom stereocenters. The van der Waals surface area contributed by atoms with Crippen molar-refractivity contribution in [2.75, 3.05) is 46.4 Å². The quantitative estimate of drug-likeness (QED) is 0.878. The van der Waals surface area contributed by atoms with Crippen molar-refractivity contribution >= 4 is 5.91 Å². The fourth-order valence-corrected chi connectivity index (χ4v) is 2.62. The van der Waals surface area contributed by atoms with E-state index in [2.05, 4.69) is 4.90 Å². The number of aryl methyl sites for hydroxylation is 1. The Bertz CT molecular complexity index is 498. The first-order chi connectivity index (χ1) is 10.5. The van der Waals surface area contributed by atoms with E-state index >= 15 is 0 Å². The molecular weight excluding hydrogens is 287 g/mol. The number of rotatable bonds is 5. The second-order valence-electron chi connectivity index (χ2n) is 5.77. The van der Waals surface area contributed by atoms with Crippen LogP contribution in [0.25, 0.3) is 0 Å². The summed E-state index contributed by atoms with van der Waals surface area (Å²) in [6.07, 6.45) is -0.637. The first-order valence-corrected chi connectivity index (χ1v) is 7.46. The number of carbonyl (C=O) groups is 1. The molecule has 22 heavy (non-hydrogen) atoms. The monoisotopic (exact) mass is 310 g/mol. The molecule has 6 heteroatoms. The zero-order chi connectivity index (χ0) is 16.1. The number of carbonyl (C=O) groups excluding carboxylic acids is 1. The third-order valence-corrected chi connectivity index (χ3v) is 3.69. The summed E-state index contributed by atoms with van der Waals surface area (Å²) in [5, 5.41) is 10.1. The Morgan fingerprint density at radius 3 is 2.73 bits per heavy atom. The van der Waals surface area contributed by atoms with E-state index in [1.165, 1.54) is 17.0 Å². The lowest BCUT2D eigenvalue weighted by atomic mass is 10.1. The molecule has 0 spiro atoms. The minimum absolute atomic E-state index is 0.214. The molecule has 1 amide bonds. The number of nitrogens with zero attached hydrogens (tertiary/aromatic N) is 2. The molecule has 1 aliphatic rings. The zero-order valence-corrected chi connectivity index (χ0v) is 13.1. The van der Waals surface area contributed by atoms with E-state index < -0.39 is 11.9 Å². The standard InChI is InChI=1S/C16H23FN2O3/c1-12-7-13(9-14(17)8-12)16(21)18(2)10-15(20)11-19-3-5-22-6-4-19/h7-9,15,20H,3-6,10-11H2,1-2H3. The van der Waals surface area contributed by atoms with Gasteiger partial charge >= 0.3 is 0 Å². The van der Waals surface area contributed by atoms with Gasteiger partial charge in [-0.2, -0.15) is 0 Å². The lowest BCUT2D eigenvalue weighted by Crippen LogP contribution is -2.45. The fraction of sp³-hybridized carbons (Fsp3) is 0.562. The molecule has 0 aromatic heterocycles. The van der Waals surface area contributed by atoms with E-state index in [9.17, 15) is 14.3 Å². The molecule has 0 saturated carbocycles. The van der Waals surface area contributed by atoms with Gasteiger partial charge < -0.3 is 14.7 Å². The molecule has 1 atom stereocenters. The summed E-state index contributed by atoms with van der Waals surface area (Å²) in [7, 11) is 1.62. The highest BCUT2D eigenvalue weighted by molar-refractivity contribution is 5.94. The maximum absolute atomic E-state index is 13.4. The average Bonchev–Trinajstić information content (AvgIpc) is 2.46. The molecule has 0 radical (unpaired) electrons. The van der Waals surface area contributed by atoms with Crippen LogP contribution in [-0.2, 0) is 4.74 Å². The first-order valence-electron chi connectivity index (χ1n) is 7.46. The van der Waals surface area contributed by atoms with Gasteiger partial charge in [0.1, 0.15) is 5.82 Å². The number of β-amino-alcohol motifs (C(OH)–C–C–N with tert-alkyl or cyclic N) is 1. The van der Waals surface area contributed by atoms with Crippen LogP contribution in [0, 0.1) is 12.7 Å². The predicted molar refractivity (Wildman–Crippen MR) is 81.4 cm³/mol. The molecule has 1 aromatic carbocycles. The Hall–Kier alpha value is -1.50. The van der Waals surface area contributed by atoms with E-state index in [-0.39, 0.29) is 12.5 Å². The molecular formula is C16H23FN2O3. The third kappa shape index (κ3) is 4.76. The fourth-order valence-electron chi connectivity index (χ4n) is 2.62. The minimum atomic E-state index is -0.637. The number of benzene rings is 1. The van der Waals surface area contributed by atoms with Gasteiger partial charge in [0, 0.05) is 38.8 Å². The van der Waals surface area contributed by atoms with Crippen LogP contribution in [0.2, 0.25) is 0 Å². The van der Waals surface area contributed by atoms with E-state index in [4.69, 9.17) is 4.74 Å². The number of hydrogen-bond donors (Lipinski definition) is 1. The molecule has 2 rings (SSSR count). The van der Waals surface area contributed by atoms with E-state index in [1.807, 2.05) is 0 Å². The number of aliphatic hydroxyl groups is 1. The minimum Gasteiger partial charge on any atom is -0.390 e. The lowest BCUT2D eigenvalue weighted by molar-refractivity contribution is 0.00878. The largest absolute Gasteiger partial charge is 0.390 e. The van der Waals surface area contributed by atoms with E-state index in [1.54, 1.807) is 20.0 Å². The molecule has 5 nitrogen and oxygen atoms in total. The van der Waals surface area contributed by atoms with Gasteiger partial charge in [0.05, 0.1) is 19.3 Å². The lowest BCUT2D eigenvalue weighted by Gasteiger charge is -2.30. The number of aliphatic hydroxyl groups excluding tert-OH is 1. The second kappa shape index (κ2) is 7.67. The number of ether oxygens (including phenoxy) is 1. The number of halogens is 1. The number of likely N-dealkylation sites (N-methyl/N-ethyl adjacent to an activating group) is 1. The molecule has 1 aliphatic heterocycles. The topological polar surface area (TPSA) is 53.0 Å². The molecule has 1 aromatic rings. The van der Waals surface area contributed by atoms with Gasteiger partial charge in [0.15, 0.2) is 0 Å². The maximum Gasteiger partial charge on any atom is 0.253 e. The molecule has 1 saturated heterocycles. The Kier molecular flexibility index (Phi) is 5.88. The predicted octanol–water partition coefficient (Wildman–Crippen LogP) is 0.899. The summed E-state index contributed by atoms with van der Waals surface area (Å²) < 4.78 is 18.6. The maximum atomic E-state index is 13.4. The van der Waals surface area contributed by atoms with Crippen molar-refractivity contribution < 1.29 is 19.0 Å². The summed E-state index contributed by atoms with van der Waals surface area (Å²) in [5.74, 6) is -0.714. The average molecular weight is 310 g/mol. The van der Waals surface area contributed by atoms with Crippen LogP contribution < -0.4 is 0 Å². The van der Waals surface area contributed by atoms with Crippen LogP contribution in [0.15, 0.2) is 18.2 Å². The van der Waals surface area contributed by atoms with Gasteiger partial charge in [0.2, 0.25) is 0 Å². The van der Waals surface area contributed by atoms with Crippen molar-refractivity contribution in [3.63, 3.8) is 0 Å². The summed E-state index contributed by atoms with van der Waals surface area (Å²) in [5.41, 5.74) is 1.00. The van der Waals surface area contributed by atoms with Gasteiger partial charge in [0.25, 0.3) is 5.91 Å². The first kappa shape index (κ1) is 16.9. The molecule has 1 N–H and O–H groups in total. The van der Waals surface area contributed by atoms with Crippen molar-refractivity contribution in [2.45, 2.75) is 13.0 Å². The highest BCUT2D eigenvalue weighted by Gasteiger charge is 2.19. The van der Waals surface area contributed by atoms with Crippen molar-refractivity contribution in [3.05, 3.63) is 35.1 Å². The highest BCUT2D eigenvalue weighted by atomic mass is 19.1. The van der Waals surface area contributed by atoms with Crippen LogP contribution >= 0.6 is 0 Å². The van der Waals surface area contributed by atoms with Crippen molar-refractivity contribution in [1.29, 1.82) is 0 Å². The van der Waals surface area contributed by atoms with Crippen LogP contribution in [-0.4, -0.2) is 73.4 Å². The van der Waals surface area contributed by atoms with Crippen molar-refractivity contribution in [3.8, 4) is 0 Å². The van der Waals surface area contributed by atoms with Gasteiger partial charge in [-0.05, 0) is 30.7 Å². The van der Waals surface area contributed by atoms with Crippen LogP contribution in [0.3, 0.4) is 0 Å². The van der Waals surface area contributed by atoms with Crippen LogP contribution in [0.5, 0.6) is 0 Å². The highest BCUT2D eigenvalue weighted by Crippen LogP contribution is 2.11. The second-order valence-corrected chi connectivity index (χ2v) is 5.77. The molecule has 122 valence electrons. The SMILES string of the molecule is Cc1cc(F)cc(C(=O)N(C)CC(O)CN2CCOCC2)c1.